The zero-order valence-electron chi connectivity index (χ0n) is 7.29. The highest BCUT2D eigenvalue weighted by Gasteiger charge is 2.03. The Morgan fingerprint density at radius 3 is 3.00 bits per heavy atom. The minimum atomic E-state index is 0. The molecule has 1 rings (SSSR count). The average molecular weight is 245 g/mol. The lowest BCUT2D eigenvalue weighted by molar-refractivity contribution is 0.166. The van der Waals surface area contributed by atoms with Gasteiger partial charge in [0.1, 0.15) is 0 Å². The number of alkyl halides is 1. The van der Waals surface area contributed by atoms with Gasteiger partial charge < -0.3 is 10.1 Å². The van der Waals surface area contributed by atoms with E-state index in [0.29, 0.717) is 12.5 Å². The van der Waals surface area contributed by atoms with Crippen LogP contribution < -0.4 is 5.32 Å². The molecule has 0 aromatic carbocycles. The van der Waals surface area contributed by atoms with Gasteiger partial charge in [0.2, 0.25) is 0 Å². The summed E-state index contributed by atoms with van der Waals surface area (Å²) in [6.45, 7) is 3.27. The van der Waals surface area contributed by atoms with Crippen molar-refractivity contribution in [1.82, 2.24) is 5.32 Å². The van der Waals surface area contributed by atoms with E-state index in [0.717, 1.165) is 30.6 Å². The molecule has 0 aromatic heterocycles. The minimum absolute atomic E-state index is 0. The largest absolute Gasteiger partial charge is 0.379 e. The SMILES string of the molecule is Cl.ClCCOCCSC1=NCCN1. The van der Waals surface area contributed by atoms with Crippen molar-refractivity contribution < 1.29 is 4.74 Å². The summed E-state index contributed by atoms with van der Waals surface area (Å²) in [6, 6.07) is 0. The summed E-state index contributed by atoms with van der Waals surface area (Å²) in [7, 11) is 0. The Kier molecular flexibility index (Phi) is 9.18. The number of amidine groups is 1. The maximum absolute atomic E-state index is 5.44. The van der Waals surface area contributed by atoms with E-state index in [-0.39, 0.29) is 12.4 Å². The van der Waals surface area contributed by atoms with E-state index in [9.17, 15) is 0 Å². The van der Waals surface area contributed by atoms with Gasteiger partial charge in [0, 0.05) is 18.2 Å². The van der Waals surface area contributed by atoms with Crippen molar-refractivity contribution in [3.05, 3.63) is 0 Å². The predicted molar refractivity (Wildman–Crippen MR) is 61.5 cm³/mol. The average Bonchev–Trinajstić information content (AvgIpc) is 2.57. The molecular formula is C7H14Cl2N2OS. The maximum atomic E-state index is 5.44. The fraction of sp³-hybridized carbons (Fsp3) is 0.857. The first-order valence-corrected chi connectivity index (χ1v) is 5.50. The summed E-state index contributed by atoms with van der Waals surface area (Å²) in [5.41, 5.74) is 0. The van der Waals surface area contributed by atoms with Crippen LogP contribution in [0.2, 0.25) is 0 Å². The molecule has 1 heterocycles. The molecule has 1 N–H and O–H groups in total. The van der Waals surface area contributed by atoms with Crippen LogP contribution in [0.15, 0.2) is 4.99 Å². The highest BCUT2D eigenvalue weighted by atomic mass is 35.5. The summed E-state index contributed by atoms with van der Waals surface area (Å²) in [6.07, 6.45) is 0. The molecule has 0 saturated heterocycles. The molecular weight excluding hydrogens is 231 g/mol. The lowest BCUT2D eigenvalue weighted by atomic mass is 10.7. The number of rotatable bonds is 5. The first-order valence-electron chi connectivity index (χ1n) is 3.98. The molecule has 0 unspecified atom stereocenters. The summed E-state index contributed by atoms with van der Waals surface area (Å²) >= 11 is 7.14. The van der Waals surface area contributed by atoms with Crippen LogP contribution in [0.4, 0.5) is 0 Å². The van der Waals surface area contributed by atoms with Crippen molar-refractivity contribution in [2.75, 3.05) is 37.9 Å². The Labute approximate surface area is 94.1 Å². The number of thioether (sulfide) groups is 1. The third kappa shape index (κ3) is 6.43. The lowest BCUT2D eigenvalue weighted by Crippen LogP contribution is -2.16. The molecule has 6 heteroatoms. The minimum Gasteiger partial charge on any atom is -0.379 e. The van der Waals surface area contributed by atoms with Gasteiger partial charge in [-0.15, -0.1) is 24.0 Å². The first-order chi connectivity index (χ1) is 5.93. The third-order valence-electron chi connectivity index (χ3n) is 1.33. The molecule has 0 atom stereocenters. The normalized spacial score (nSPS) is 14.7. The second kappa shape index (κ2) is 8.94. The van der Waals surface area contributed by atoms with E-state index in [2.05, 4.69) is 10.3 Å². The fourth-order valence-electron chi connectivity index (χ4n) is 0.827. The molecule has 0 spiro atoms. The summed E-state index contributed by atoms with van der Waals surface area (Å²) in [5, 5.41) is 4.22. The van der Waals surface area contributed by atoms with Gasteiger partial charge in [0.25, 0.3) is 0 Å². The van der Waals surface area contributed by atoms with Gasteiger partial charge in [-0.3, -0.25) is 4.99 Å². The van der Waals surface area contributed by atoms with E-state index in [1.165, 1.54) is 0 Å². The molecule has 3 nitrogen and oxygen atoms in total. The molecule has 0 aliphatic carbocycles. The number of nitrogens with zero attached hydrogens (tertiary/aromatic N) is 1. The maximum Gasteiger partial charge on any atom is 0.156 e. The van der Waals surface area contributed by atoms with Gasteiger partial charge in [0.05, 0.1) is 19.8 Å². The molecule has 0 amide bonds. The second-order valence-electron chi connectivity index (χ2n) is 2.26. The van der Waals surface area contributed by atoms with Crippen LogP contribution in [0.3, 0.4) is 0 Å². The van der Waals surface area contributed by atoms with E-state index < -0.39 is 0 Å². The standard InChI is InChI=1S/C7H13ClN2OS.ClH/c8-1-4-11-5-6-12-7-9-2-3-10-7;/h1-6H2,(H,9,10);1H. The number of hydrogen-bond acceptors (Lipinski definition) is 4. The van der Waals surface area contributed by atoms with Gasteiger partial charge in [0.15, 0.2) is 5.17 Å². The van der Waals surface area contributed by atoms with Crippen molar-refractivity contribution >= 4 is 40.9 Å². The van der Waals surface area contributed by atoms with Crippen molar-refractivity contribution in [3.8, 4) is 0 Å². The van der Waals surface area contributed by atoms with Crippen molar-refractivity contribution in [3.63, 3.8) is 0 Å². The van der Waals surface area contributed by atoms with Crippen LogP contribution in [0, 0.1) is 0 Å². The van der Waals surface area contributed by atoms with Gasteiger partial charge in [-0.2, -0.15) is 0 Å². The van der Waals surface area contributed by atoms with Crippen LogP contribution in [-0.4, -0.2) is 43.1 Å². The monoisotopic (exact) mass is 244 g/mol. The Hall–Kier alpha value is 0.360. The van der Waals surface area contributed by atoms with Crippen LogP contribution in [0.25, 0.3) is 0 Å². The van der Waals surface area contributed by atoms with Crippen molar-refractivity contribution in [1.29, 1.82) is 0 Å². The quantitative estimate of drug-likeness (QED) is 0.586. The zero-order valence-corrected chi connectivity index (χ0v) is 9.68. The third-order valence-corrected chi connectivity index (χ3v) is 2.40. The first kappa shape index (κ1) is 13.4. The van der Waals surface area contributed by atoms with Crippen molar-refractivity contribution in [2.24, 2.45) is 4.99 Å². The van der Waals surface area contributed by atoms with E-state index in [1.807, 2.05) is 0 Å². The Balaban J connectivity index is 0.00000144. The number of aliphatic imine (C=N–C) groups is 1. The molecule has 1 aliphatic heterocycles. The second-order valence-corrected chi connectivity index (χ2v) is 3.73. The number of nitrogens with one attached hydrogen (secondary N) is 1. The number of ether oxygens (including phenoxy) is 1. The van der Waals surface area contributed by atoms with Gasteiger partial charge in [-0.1, -0.05) is 11.8 Å². The zero-order chi connectivity index (χ0) is 8.65. The molecule has 0 radical (unpaired) electrons. The van der Waals surface area contributed by atoms with Gasteiger partial charge >= 0.3 is 0 Å². The van der Waals surface area contributed by atoms with E-state index in [4.69, 9.17) is 16.3 Å². The molecule has 0 fully saturated rings. The number of hydrogen-bond donors (Lipinski definition) is 1. The highest BCUT2D eigenvalue weighted by Crippen LogP contribution is 2.04. The molecule has 78 valence electrons. The van der Waals surface area contributed by atoms with Crippen LogP contribution >= 0.6 is 35.8 Å². The summed E-state index contributed by atoms with van der Waals surface area (Å²) < 4.78 is 5.21. The van der Waals surface area contributed by atoms with Gasteiger partial charge in [-0.25, -0.2) is 0 Å². The van der Waals surface area contributed by atoms with Crippen molar-refractivity contribution in [2.45, 2.75) is 0 Å². The summed E-state index contributed by atoms with van der Waals surface area (Å²) in [4.78, 5) is 4.24. The Morgan fingerprint density at radius 1 is 1.54 bits per heavy atom. The topological polar surface area (TPSA) is 33.6 Å². The number of halogens is 2. The van der Waals surface area contributed by atoms with Gasteiger partial charge in [-0.05, 0) is 0 Å². The van der Waals surface area contributed by atoms with Crippen LogP contribution in [0.5, 0.6) is 0 Å². The van der Waals surface area contributed by atoms with E-state index in [1.54, 1.807) is 11.8 Å². The van der Waals surface area contributed by atoms with Crippen LogP contribution in [0.1, 0.15) is 0 Å². The molecule has 13 heavy (non-hydrogen) atoms. The van der Waals surface area contributed by atoms with Crippen LogP contribution in [-0.2, 0) is 4.74 Å². The molecule has 0 saturated carbocycles. The lowest BCUT2D eigenvalue weighted by Gasteiger charge is -2.02. The smallest absolute Gasteiger partial charge is 0.156 e. The predicted octanol–water partition coefficient (Wildman–Crippen LogP) is 1.36. The summed E-state index contributed by atoms with van der Waals surface area (Å²) in [5.74, 6) is 1.52. The Morgan fingerprint density at radius 2 is 2.38 bits per heavy atom. The van der Waals surface area contributed by atoms with E-state index >= 15 is 0 Å². The fourth-order valence-corrected chi connectivity index (χ4v) is 1.72. The molecule has 1 aliphatic rings. The molecule has 0 bridgehead atoms. The Bertz CT molecular complexity index is 157. The highest BCUT2D eigenvalue weighted by molar-refractivity contribution is 8.13. The molecule has 0 aromatic rings.